The fourth-order valence-corrected chi connectivity index (χ4v) is 2.46. The Morgan fingerprint density at radius 1 is 1.50 bits per heavy atom. The quantitative estimate of drug-likeness (QED) is 0.614. The van der Waals surface area contributed by atoms with Gasteiger partial charge in [-0.1, -0.05) is 0 Å². The summed E-state index contributed by atoms with van der Waals surface area (Å²) in [5.41, 5.74) is 3.20. The van der Waals surface area contributed by atoms with Gasteiger partial charge in [0.2, 0.25) is 0 Å². The Labute approximate surface area is 75.4 Å². The highest BCUT2D eigenvalue weighted by Crippen LogP contribution is 2.25. The van der Waals surface area contributed by atoms with Crippen molar-refractivity contribution in [1.29, 1.82) is 0 Å². The minimum absolute atomic E-state index is 0.764. The van der Waals surface area contributed by atoms with Gasteiger partial charge in [-0.2, -0.15) is 11.8 Å². The minimum Gasteiger partial charge on any atom is -0.298 e. The number of nitrogens with zero attached hydrogens (tertiary/aromatic N) is 1. The maximum absolute atomic E-state index is 10.6. The zero-order chi connectivity index (χ0) is 8.39. The van der Waals surface area contributed by atoms with E-state index in [1.54, 1.807) is 6.20 Å². The van der Waals surface area contributed by atoms with Crippen LogP contribution in [0.4, 0.5) is 0 Å². The van der Waals surface area contributed by atoms with Crippen LogP contribution in [0.2, 0.25) is 0 Å². The molecular formula is C9H9NOS. The van der Waals surface area contributed by atoms with Crippen molar-refractivity contribution < 1.29 is 4.79 Å². The molecule has 0 bridgehead atoms. The summed E-state index contributed by atoms with van der Waals surface area (Å²) in [7, 11) is 0. The minimum atomic E-state index is 0.764. The molecule has 1 aliphatic heterocycles. The Bertz CT molecular complexity index is 311. The van der Waals surface area contributed by atoms with Crippen LogP contribution in [0.3, 0.4) is 0 Å². The predicted octanol–water partition coefficient (Wildman–Crippen LogP) is 1.68. The molecule has 0 fully saturated rings. The number of carbonyl (C=O) groups is 1. The van der Waals surface area contributed by atoms with E-state index in [2.05, 4.69) is 4.98 Å². The molecule has 62 valence electrons. The fraction of sp³-hybridized carbons (Fsp3) is 0.333. The number of aromatic nitrogens is 1. The van der Waals surface area contributed by atoms with Crippen LogP contribution < -0.4 is 0 Å². The van der Waals surface area contributed by atoms with E-state index in [-0.39, 0.29) is 0 Å². The molecule has 0 saturated carbocycles. The average molecular weight is 179 g/mol. The van der Waals surface area contributed by atoms with Crippen molar-refractivity contribution in [3.8, 4) is 0 Å². The number of pyridine rings is 1. The molecule has 0 aromatic carbocycles. The molecule has 2 heterocycles. The number of hydrogen-bond donors (Lipinski definition) is 0. The Balaban J connectivity index is 2.51. The van der Waals surface area contributed by atoms with Crippen LogP contribution in [0.1, 0.15) is 21.5 Å². The van der Waals surface area contributed by atoms with Crippen LogP contribution in [0.5, 0.6) is 0 Å². The van der Waals surface area contributed by atoms with E-state index in [1.165, 1.54) is 11.1 Å². The summed E-state index contributed by atoms with van der Waals surface area (Å²) in [4.78, 5) is 14.7. The monoisotopic (exact) mass is 179 g/mol. The summed E-state index contributed by atoms with van der Waals surface area (Å²) < 4.78 is 0. The highest BCUT2D eigenvalue weighted by Gasteiger charge is 2.12. The molecule has 3 heteroatoms. The smallest absolute Gasteiger partial charge is 0.151 e. The van der Waals surface area contributed by atoms with E-state index in [9.17, 15) is 4.79 Å². The zero-order valence-electron chi connectivity index (χ0n) is 6.62. The standard InChI is InChI=1S/C9H9NOS/c11-5-8-4-10-3-7-1-2-12-6-9(7)8/h3-5H,1-2,6H2. The normalized spacial score (nSPS) is 15.3. The highest BCUT2D eigenvalue weighted by atomic mass is 32.2. The Kier molecular flexibility index (Phi) is 2.13. The highest BCUT2D eigenvalue weighted by molar-refractivity contribution is 7.98. The first-order chi connectivity index (χ1) is 5.92. The number of rotatable bonds is 1. The van der Waals surface area contributed by atoms with E-state index in [4.69, 9.17) is 0 Å². The summed E-state index contributed by atoms with van der Waals surface area (Å²) in [5, 5.41) is 0. The van der Waals surface area contributed by atoms with Crippen molar-refractivity contribution in [2.45, 2.75) is 12.2 Å². The van der Waals surface area contributed by atoms with Crippen molar-refractivity contribution in [2.24, 2.45) is 0 Å². The lowest BCUT2D eigenvalue weighted by atomic mass is 10.0. The maximum Gasteiger partial charge on any atom is 0.151 e. The van der Waals surface area contributed by atoms with Gasteiger partial charge in [0.05, 0.1) is 0 Å². The molecule has 0 atom stereocenters. The lowest BCUT2D eigenvalue weighted by Gasteiger charge is -2.15. The van der Waals surface area contributed by atoms with Crippen LogP contribution >= 0.6 is 11.8 Å². The van der Waals surface area contributed by atoms with E-state index < -0.39 is 0 Å². The van der Waals surface area contributed by atoms with Gasteiger partial charge in [0.25, 0.3) is 0 Å². The van der Waals surface area contributed by atoms with Gasteiger partial charge in [0.15, 0.2) is 6.29 Å². The summed E-state index contributed by atoms with van der Waals surface area (Å²) in [5.74, 6) is 2.11. The average Bonchev–Trinajstić information content (AvgIpc) is 2.17. The molecule has 1 aromatic heterocycles. The fourth-order valence-electron chi connectivity index (χ4n) is 1.40. The molecule has 0 radical (unpaired) electrons. The molecule has 2 nitrogen and oxygen atoms in total. The van der Waals surface area contributed by atoms with E-state index >= 15 is 0 Å². The number of aldehydes is 1. The van der Waals surface area contributed by atoms with Crippen molar-refractivity contribution in [1.82, 2.24) is 4.98 Å². The second-order valence-electron chi connectivity index (χ2n) is 2.79. The molecule has 0 unspecified atom stereocenters. The molecule has 0 amide bonds. The molecular weight excluding hydrogens is 170 g/mol. The second kappa shape index (κ2) is 3.27. The van der Waals surface area contributed by atoms with Gasteiger partial charge < -0.3 is 0 Å². The molecule has 0 N–H and O–H groups in total. The molecule has 1 aliphatic rings. The number of fused-ring (bicyclic) bond motifs is 1. The number of carbonyl (C=O) groups excluding carboxylic acids is 1. The Morgan fingerprint density at radius 3 is 3.25 bits per heavy atom. The van der Waals surface area contributed by atoms with Crippen LogP contribution in [-0.4, -0.2) is 17.0 Å². The predicted molar refractivity (Wildman–Crippen MR) is 49.5 cm³/mol. The number of hydrogen-bond acceptors (Lipinski definition) is 3. The molecule has 0 saturated heterocycles. The van der Waals surface area contributed by atoms with Crippen molar-refractivity contribution in [3.63, 3.8) is 0 Å². The summed E-state index contributed by atoms with van der Waals surface area (Å²) in [6.07, 6.45) is 5.48. The molecule has 1 aromatic rings. The first-order valence-corrected chi connectivity index (χ1v) is 5.06. The van der Waals surface area contributed by atoms with Crippen molar-refractivity contribution in [2.75, 3.05) is 5.75 Å². The molecule has 0 aliphatic carbocycles. The summed E-state index contributed by atoms with van der Waals surface area (Å²) in [6.45, 7) is 0. The van der Waals surface area contributed by atoms with Crippen LogP contribution in [0, 0.1) is 0 Å². The van der Waals surface area contributed by atoms with Gasteiger partial charge in [-0.15, -0.1) is 0 Å². The Morgan fingerprint density at radius 2 is 2.42 bits per heavy atom. The van der Waals surface area contributed by atoms with Crippen molar-refractivity contribution >= 4 is 18.0 Å². The maximum atomic E-state index is 10.6. The molecule has 0 spiro atoms. The van der Waals surface area contributed by atoms with Gasteiger partial charge in [-0.25, -0.2) is 0 Å². The lowest BCUT2D eigenvalue weighted by Crippen LogP contribution is -2.06. The third kappa shape index (κ3) is 1.25. The topological polar surface area (TPSA) is 30.0 Å². The van der Waals surface area contributed by atoms with E-state index in [0.717, 1.165) is 29.8 Å². The summed E-state index contributed by atoms with van der Waals surface area (Å²) in [6, 6.07) is 0. The van der Waals surface area contributed by atoms with E-state index in [1.807, 2.05) is 18.0 Å². The first-order valence-electron chi connectivity index (χ1n) is 3.90. The van der Waals surface area contributed by atoms with E-state index in [0.29, 0.717) is 0 Å². The third-order valence-electron chi connectivity index (χ3n) is 2.07. The lowest BCUT2D eigenvalue weighted by molar-refractivity contribution is 0.112. The number of thioether (sulfide) groups is 1. The van der Waals surface area contributed by atoms with Gasteiger partial charge >= 0.3 is 0 Å². The van der Waals surface area contributed by atoms with Gasteiger partial charge in [-0.05, 0) is 23.3 Å². The molecule has 12 heavy (non-hydrogen) atoms. The van der Waals surface area contributed by atoms with Gasteiger partial charge in [0.1, 0.15) is 0 Å². The van der Waals surface area contributed by atoms with Gasteiger partial charge in [0, 0.05) is 23.7 Å². The Hall–Kier alpha value is -0.830. The number of aryl methyl sites for hydroxylation is 1. The third-order valence-corrected chi connectivity index (χ3v) is 3.05. The largest absolute Gasteiger partial charge is 0.298 e. The second-order valence-corrected chi connectivity index (χ2v) is 3.89. The summed E-state index contributed by atoms with van der Waals surface area (Å²) >= 11 is 1.88. The van der Waals surface area contributed by atoms with Crippen molar-refractivity contribution in [3.05, 3.63) is 29.1 Å². The van der Waals surface area contributed by atoms with Crippen LogP contribution in [0.15, 0.2) is 12.4 Å². The SMILES string of the molecule is O=Cc1cncc2c1CSCC2. The van der Waals surface area contributed by atoms with Gasteiger partial charge in [-0.3, -0.25) is 9.78 Å². The van der Waals surface area contributed by atoms with Crippen LogP contribution in [-0.2, 0) is 12.2 Å². The first kappa shape index (κ1) is 7.80. The van der Waals surface area contributed by atoms with Crippen LogP contribution in [0.25, 0.3) is 0 Å². The zero-order valence-corrected chi connectivity index (χ0v) is 7.43. The molecule has 2 rings (SSSR count).